The minimum Gasteiger partial charge on any atom is -0.299 e. The largest absolute Gasteiger partial charge is 0.299 e. The Morgan fingerprint density at radius 1 is 1.00 bits per heavy atom. The number of benzene rings is 2. The number of carbonyl (C=O) groups excluding carboxylic acids is 1. The number of nitrogens with one attached hydrogen (secondary N) is 1. The maximum Gasteiger partial charge on any atom is 0.269 e. The van der Waals surface area contributed by atoms with Crippen LogP contribution in [0.3, 0.4) is 0 Å². The molecule has 0 unspecified atom stereocenters. The predicted molar refractivity (Wildman–Crippen MR) is 110 cm³/mol. The van der Waals surface area contributed by atoms with E-state index in [1.165, 1.54) is 30.5 Å². The van der Waals surface area contributed by atoms with Gasteiger partial charge >= 0.3 is 0 Å². The monoisotopic (exact) mass is 411 g/mol. The van der Waals surface area contributed by atoms with Crippen molar-refractivity contribution in [1.29, 1.82) is 0 Å². The molecular weight excluding hydrogens is 390 g/mol. The third-order valence-electron chi connectivity index (χ3n) is 5.00. The smallest absolute Gasteiger partial charge is 0.269 e. The number of piperidine rings is 1. The second kappa shape index (κ2) is 9.70. The van der Waals surface area contributed by atoms with Crippen molar-refractivity contribution in [3.8, 4) is 0 Å². The van der Waals surface area contributed by atoms with E-state index in [4.69, 9.17) is 0 Å². The summed E-state index contributed by atoms with van der Waals surface area (Å²) < 4.78 is 0. The van der Waals surface area contributed by atoms with Gasteiger partial charge in [0.1, 0.15) is 0 Å². The van der Waals surface area contributed by atoms with Gasteiger partial charge in [-0.3, -0.25) is 29.9 Å². The Morgan fingerprint density at radius 2 is 1.53 bits per heavy atom. The summed E-state index contributed by atoms with van der Waals surface area (Å²) >= 11 is 0. The summed E-state index contributed by atoms with van der Waals surface area (Å²) in [6.45, 7) is 2.19. The Bertz CT molecular complexity index is 935. The van der Waals surface area contributed by atoms with Crippen molar-refractivity contribution in [2.24, 2.45) is 11.0 Å². The van der Waals surface area contributed by atoms with E-state index in [2.05, 4.69) is 15.4 Å². The lowest BCUT2D eigenvalue weighted by Gasteiger charge is -2.30. The van der Waals surface area contributed by atoms with E-state index in [-0.39, 0.29) is 23.2 Å². The van der Waals surface area contributed by atoms with Gasteiger partial charge in [0.05, 0.1) is 16.1 Å². The topological polar surface area (TPSA) is 131 Å². The molecule has 2 aromatic rings. The van der Waals surface area contributed by atoms with Gasteiger partial charge in [0.25, 0.3) is 11.4 Å². The van der Waals surface area contributed by atoms with Crippen LogP contribution in [0.4, 0.5) is 11.4 Å². The van der Waals surface area contributed by atoms with Gasteiger partial charge in [-0.1, -0.05) is 12.1 Å². The molecule has 1 heterocycles. The molecular formula is C20H21N5O5. The number of likely N-dealkylation sites (tertiary alicyclic amines) is 1. The van der Waals surface area contributed by atoms with Gasteiger partial charge in [-0.15, -0.1) is 0 Å². The van der Waals surface area contributed by atoms with Crippen molar-refractivity contribution in [3.05, 3.63) is 79.9 Å². The third kappa shape index (κ3) is 5.67. The third-order valence-corrected chi connectivity index (χ3v) is 5.00. The SMILES string of the molecule is O=C(N/N=C/c1ccc([N+](=O)[O-])cc1)C1CCN(Cc2ccc([N+](=O)[O-])cc2)CC1. The van der Waals surface area contributed by atoms with Crippen LogP contribution >= 0.6 is 0 Å². The first-order valence-electron chi connectivity index (χ1n) is 9.45. The second-order valence-electron chi connectivity index (χ2n) is 7.06. The van der Waals surface area contributed by atoms with E-state index < -0.39 is 9.85 Å². The summed E-state index contributed by atoms with van der Waals surface area (Å²) in [5.74, 6) is -0.282. The summed E-state index contributed by atoms with van der Waals surface area (Å²) in [6, 6.07) is 12.4. The van der Waals surface area contributed by atoms with Crippen molar-refractivity contribution in [3.63, 3.8) is 0 Å². The first-order chi connectivity index (χ1) is 14.4. The van der Waals surface area contributed by atoms with Gasteiger partial charge in [-0.05, 0) is 49.2 Å². The van der Waals surface area contributed by atoms with E-state index in [9.17, 15) is 25.0 Å². The molecule has 0 atom stereocenters. The van der Waals surface area contributed by atoms with Gasteiger partial charge in [-0.25, -0.2) is 5.43 Å². The standard InChI is InChI=1S/C20H21N5O5/c26-20(22-21-13-15-1-5-18(6-2-15)24(27)28)17-9-11-23(12-10-17)14-16-3-7-19(8-4-16)25(29)30/h1-8,13,17H,9-12,14H2,(H,22,26)/b21-13+. The molecule has 0 aromatic heterocycles. The fourth-order valence-corrected chi connectivity index (χ4v) is 3.28. The first kappa shape index (κ1) is 21.1. The highest BCUT2D eigenvalue weighted by atomic mass is 16.6. The van der Waals surface area contributed by atoms with E-state index in [0.717, 1.165) is 18.7 Å². The second-order valence-corrected chi connectivity index (χ2v) is 7.06. The number of amides is 1. The maximum atomic E-state index is 12.3. The van der Waals surface area contributed by atoms with Gasteiger partial charge < -0.3 is 0 Å². The molecule has 30 heavy (non-hydrogen) atoms. The molecule has 1 aliphatic rings. The average Bonchev–Trinajstić information content (AvgIpc) is 2.75. The van der Waals surface area contributed by atoms with Crippen LogP contribution in [-0.2, 0) is 11.3 Å². The van der Waals surface area contributed by atoms with Crippen LogP contribution in [0, 0.1) is 26.1 Å². The van der Waals surface area contributed by atoms with E-state index in [0.29, 0.717) is 24.9 Å². The fourth-order valence-electron chi connectivity index (χ4n) is 3.28. The lowest BCUT2D eigenvalue weighted by molar-refractivity contribution is -0.385. The summed E-state index contributed by atoms with van der Waals surface area (Å²) in [5.41, 5.74) is 4.25. The normalized spacial score (nSPS) is 15.2. The van der Waals surface area contributed by atoms with Crippen LogP contribution in [0.15, 0.2) is 53.6 Å². The summed E-state index contributed by atoms with van der Waals surface area (Å²) in [7, 11) is 0. The molecule has 1 aliphatic heterocycles. The minimum atomic E-state index is -0.476. The molecule has 3 rings (SSSR count). The van der Waals surface area contributed by atoms with Crippen LogP contribution in [-0.4, -0.2) is 40.0 Å². The van der Waals surface area contributed by atoms with Crippen molar-refractivity contribution in [1.82, 2.24) is 10.3 Å². The number of non-ortho nitro benzene ring substituents is 2. The summed E-state index contributed by atoms with van der Waals surface area (Å²) in [4.78, 5) is 35.0. The number of hydrazone groups is 1. The Labute approximate surface area is 172 Å². The number of hydrogen-bond donors (Lipinski definition) is 1. The number of nitro groups is 2. The van der Waals surface area contributed by atoms with Gasteiger partial charge in [0.2, 0.25) is 5.91 Å². The molecule has 0 radical (unpaired) electrons. The van der Waals surface area contributed by atoms with Crippen molar-refractivity contribution < 1.29 is 14.6 Å². The molecule has 2 aromatic carbocycles. The van der Waals surface area contributed by atoms with Crippen molar-refractivity contribution in [2.45, 2.75) is 19.4 Å². The van der Waals surface area contributed by atoms with Crippen LogP contribution < -0.4 is 5.43 Å². The van der Waals surface area contributed by atoms with Crippen LogP contribution in [0.1, 0.15) is 24.0 Å². The molecule has 10 nitrogen and oxygen atoms in total. The quantitative estimate of drug-likeness (QED) is 0.423. The predicted octanol–water partition coefficient (Wildman–Crippen LogP) is 2.87. The molecule has 1 saturated heterocycles. The average molecular weight is 411 g/mol. The van der Waals surface area contributed by atoms with Gasteiger partial charge in [0.15, 0.2) is 0 Å². The van der Waals surface area contributed by atoms with E-state index in [1.807, 2.05) is 0 Å². The Hall–Kier alpha value is -3.66. The molecule has 1 N–H and O–H groups in total. The summed E-state index contributed by atoms with van der Waals surface area (Å²) in [6.07, 6.45) is 2.85. The molecule has 1 fully saturated rings. The highest BCUT2D eigenvalue weighted by Gasteiger charge is 2.24. The number of carbonyl (C=O) groups is 1. The Kier molecular flexibility index (Phi) is 6.81. The van der Waals surface area contributed by atoms with Gasteiger partial charge in [-0.2, -0.15) is 5.10 Å². The highest BCUT2D eigenvalue weighted by Crippen LogP contribution is 2.20. The zero-order chi connectivity index (χ0) is 21.5. The van der Waals surface area contributed by atoms with Crippen molar-refractivity contribution in [2.75, 3.05) is 13.1 Å². The van der Waals surface area contributed by atoms with Crippen LogP contribution in [0.2, 0.25) is 0 Å². The van der Waals surface area contributed by atoms with Crippen molar-refractivity contribution >= 4 is 23.5 Å². The fraction of sp³-hybridized carbons (Fsp3) is 0.300. The Morgan fingerprint density at radius 3 is 2.07 bits per heavy atom. The molecule has 1 amide bonds. The maximum absolute atomic E-state index is 12.3. The molecule has 0 saturated carbocycles. The highest BCUT2D eigenvalue weighted by molar-refractivity contribution is 5.83. The van der Waals surface area contributed by atoms with Crippen LogP contribution in [0.25, 0.3) is 0 Å². The van der Waals surface area contributed by atoms with Gasteiger partial charge in [0, 0.05) is 36.7 Å². The molecule has 0 aliphatic carbocycles. The molecule has 10 heteroatoms. The Balaban J connectivity index is 1.43. The summed E-state index contributed by atoms with van der Waals surface area (Å²) in [5, 5.41) is 25.3. The zero-order valence-electron chi connectivity index (χ0n) is 16.1. The lowest BCUT2D eigenvalue weighted by atomic mass is 9.96. The minimum absolute atomic E-state index is 0.00308. The lowest BCUT2D eigenvalue weighted by Crippen LogP contribution is -2.39. The number of hydrogen-bond acceptors (Lipinski definition) is 7. The molecule has 0 spiro atoms. The number of nitrogens with zero attached hydrogens (tertiary/aromatic N) is 4. The first-order valence-corrected chi connectivity index (χ1v) is 9.45. The zero-order valence-corrected chi connectivity index (χ0v) is 16.1. The molecule has 156 valence electrons. The molecule has 0 bridgehead atoms. The van der Waals surface area contributed by atoms with E-state index >= 15 is 0 Å². The van der Waals surface area contributed by atoms with Crippen LogP contribution in [0.5, 0.6) is 0 Å². The van der Waals surface area contributed by atoms with E-state index in [1.54, 1.807) is 24.3 Å². The number of nitro benzene ring substituents is 2. The number of rotatable bonds is 7.